The van der Waals surface area contributed by atoms with Crippen LogP contribution in [0.3, 0.4) is 0 Å². The normalized spacial score (nSPS) is 15.8. The topological polar surface area (TPSA) is 143 Å². The second-order valence-electron chi connectivity index (χ2n) is 8.32. The second-order valence-corrected chi connectivity index (χ2v) is 8.32. The number of aromatic nitrogens is 1. The number of carboxylic acids is 1. The number of para-hydroxylation sites is 1. The molecule has 2 unspecified atom stereocenters. The number of rotatable bonds is 12. The minimum atomic E-state index is -1.35. The third kappa shape index (κ3) is 6.77. The molecule has 2 rings (SSSR count). The minimum absolute atomic E-state index is 0.0424. The monoisotopic (exact) mass is 463 g/mol. The highest BCUT2D eigenvalue weighted by Gasteiger charge is 2.30. The molecule has 0 aliphatic heterocycles. The number of nitrogens with zero attached hydrogens (tertiary/aromatic N) is 2. The van der Waals surface area contributed by atoms with Crippen molar-refractivity contribution in [1.29, 1.82) is 0 Å². The van der Waals surface area contributed by atoms with Crippen LogP contribution in [0, 0.1) is 5.92 Å². The van der Waals surface area contributed by atoms with Crippen molar-refractivity contribution in [2.45, 2.75) is 51.5 Å². The van der Waals surface area contributed by atoms with Crippen LogP contribution in [-0.2, 0) is 32.6 Å². The summed E-state index contributed by atoms with van der Waals surface area (Å²) in [5.41, 5.74) is 1.80. The van der Waals surface area contributed by atoms with Crippen LogP contribution in [0.2, 0.25) is 0 Å². The SMILES string of the molecule is CO[C@H](/C(=N/OCC(=O)N[C@@H](Cc1cn(C)c2ccccc12)C(=O)O)C(O)C(C)O)C(C)C. The number of nitrogens with one attached hydrogen (secondary N) is 1. The molecule has 0 radical (unpaired) electrons. The predicted molar refractivity (Wildman–Crippen MR) is 123 cm³/mol. The molecule has 0 fully saturated rings. The van der Waals surface area contributed by atoms with Gasteiger partial charge in [-0.25, -0.2) is 4.79 Å². The number of aliphatic carboxylic acids is 1. The summed E-state index contributed by atoms with van der Waals surface area (Å²) in [5.74, 6) is -1.95. The van der Waals surface area contributed by atoms with Gasteiger partial charge in [0.1, 0.15) is 24.0 Å². The maximum atomic E-state index is 12.4. The van der Waals surface area contributed by atoms with E-state index in [1.165, 1.54) is 14.0 Å². The molecule has 2 aromatic rings. The maximum absolute atomic E-state index is 12.4. The van der Waals surface area contributed by atoms with Gasteiger partial charge < -0.3 is 34.8 Å². The average Bonchev–Trinajstić information content (AvgIpc) is 3.07. The molecule has 0 spiro atoms. The lowest BCUT2D eigenvalue weighted by Gasteiger charge is -2.25. The van der Waals surface area contributed by atoms with Crippen molar-refractivity contribution >= 4 is 28.5 Å². The van der Waals surface area contributed by atoms with Gasteiger partial charge in [0.15, 0.2) is 6.61 Å². The Morgan fingerprint density at radius 2 is 1.85 bits per heavy atom. The van der Waals surface area contributed by atoms with E-state index in [9.17, 15) is 24.9 Å². The molecule has 1 aromatic heterocycles. The Kier molecular flexibility index (Phi) is 9.39. The zero-order valence-electron chi connectivity index (χ0n) is 19.6. The molecular weight excluding hydrogens is 430 g/mol. The molecule has 0 saturated carbocycles. The largest absolute Gasteiger partial charge is 0.480 e. The summed E-state index contributed by atoms with van der Waals surface area (Å²) in [6, 6.07) is 6.44. The van der Waals surface area contributed by atoms with Gasteiger partial charge in [0.25, 0.3) is 5.91 Å². The van der Waals surface area contributed by atoms with Gasteiger partial charge >= 0.3 is 5.97 Å². The fraction of sp³-hybridized carbons (Fsp3) is 0.522. The van der Waals surface area contributed by atoms with Crippen LogP contribution in [0.4, 0.5) is 0 Å². The molecule has 0 aliphatic rings. The summed E-state index contributed by atoms with van der Waals surface area (Å²) < 4.78 is 7.24. The Morgan fingerprint density at radius 3 is 2.42 bits per heavy atom. The van der Waals surface area contributed by atoms with Crippen LogP contribution < -0.4 is 5.32 Å². The van der Waals surface area contributed by atoms with Crippen molar-refractivity contribution in [2.24, 2.45) is 18.1 Å². The van der Waals surface area contributed by atoms with E-state index in [4.69, 9.17) is 9.57 Å². The van der Waals surface area contributed by atoms with Gasteiger partial charge in [0.2, 0.25) is 0 Å². The Hall–Kier alpha value is -2.95. The van der Waals surface area contributed by atoms with Crippen LogP contribution in [0.1, 0.15) is 26.3 Å². The van der Waals surface area contributed by atoms with Gasteiger partial charge in [-0.3, -0.25) is 4.79 Å². The third-order valence-corrected chi connectivity index (χ3v) is 5.31. The van der Waals surface area contributed by atoms with Crippen LogP contribution >= 0.6 is 0 Å². The number of hydrogen-bond acceptors (Lipinski definition) is 7. The number of carbonyl (C=O) groups is 2. The van der Waals surface area contributed by atoms with Crippen molar-refractivity contribution in [3.05, 3.63) is 36.0 Å². The highest BCUT2D eigenvalue weighted by Crippen LogP contribution is 2.21. The van der Waals surface area contributed by atoms with Gasteiger partial charge in [-0.2, -0.15) is 0 Å². The number of aryl methyl sites for hydroxylation is 1. The molecule has 10 nitrogen and oxygen atoms in total. The number of carboxylic acid groups (broad SMARTS) is 1. The average molecular weight is 464 g/mol. The lowest BCUT2D eigenvalue weighted by Crippen LogP contribution is -2.44. The molecule has 0 aliphatic carbocycles. The molecule has 10 heteroatoms. The number of ether oxygens (including phenoxy) is 1. The fourth-order valence-electron chi connectivity index (χ4n) is 3.67. The summed E-state index contributed by atoms with van der Waals surface area (Å²) >= 11 is 0. The maximum Gasteiger partial charge on any atom is 0.326 e. The third-order valence-electron chi connectivity index (χ3n) is 5.31. The van der Waals surface area contributed by atoms with E-state index < -0.39 is 42.8 Å². The van der Waals surface area contributed by atoms with E-state index in [1.807, 2.05) is 55.9 Å². The summed E-state index contributed by atoms with van der Waals surface area (Å²) in [5, 5.41) is 36.8. The number of hydrogen-bond donors (Lipinski definition) is 4. The number of benzene rings is 1. The summed E-state index contributed by atoms with van der Waals surface area (Å²) in [6.07, 6.45) is -1.19. The highest BCUT2D eigenvalue weighted by molar-refractivity contribution is 5.93. The number of oxime groups is 1. The smallest absolute Gasteiger partial charge is 0.326 e. The quantitative estimate of drug-likeness (QED) is 0.272. The molecule has 33 heavy (non-hydrogen) atoms. The molecule has 0 bridgehead atoms. The van der Waals surface area contributed by atoms with Crippen molar-refractivity contribution in [3.63, 3.8) is 0 Å². The van der Waals surface area contributed by atoms with E-state index in [0.717, 1.165) is 16.5 Å². The van der Waals surface area contributed by atoms with Crippen LogP contribution in [-0.4, -0.2) is 75.5 Å². The lowest BCUT2D eigenvalue weighted by molar-refractivity contribution is -0.142. The molecule has 4 N–H and O–H groups in total. The Morgan fingerprint density at radius 1 is 1.18 bits per heavy atom. The Balaban J connectivity index is 2.08. The van der Waals surface area contributed by atoms with Crippen molar-refractivity contribution < 1.29 is 34.5 Å². The molecule has 4 atom stereocenters. The van der Waals surface area contributed by atoms with E-state index in [-0.39, 0.29) is 18.1 Å². The first-order valence-corrected chi connectivity index (χ1v) is 10.7. The van der Waals surface area contributed by atoms with Crippen LogP contribution in [0.5, 0.6) is 0 Å². The Bertz CT molecular complexity index is 984. The zero-order valence-corrected chi connectivity index (χ0v) is 19.6. The summed E-state index contributed by atoms with van der Waals surface area (Å²) in [7, 11) is 3.31. The van der Waals surface area contributed by atoms with Crippen molar-refractivity contribution in [3.8, 4) is 0 Å². The van der Waals surface area contributed by atoms with Gasteiger partial charge in [-0.1, -0.05) is 37.2 Å². The van der Waals surface area contributed by atoms with E-state index in [2.05, 4.69) is 10.5 Å². The first-order chi connectivity index (χ1) is 15.6. The molecule has 1 aromatic carbocycles. The second kappa shape index (κ2) is 11.8. The van der Waals surface area contributed by atoms with Crippen LogP contribution in [0.25, 0.3) is 10.9 Å². The van der Waals surface area contributed by atoms with Gasteiger partial charge in [0.05, 0.1) is 6.10 Å². The van der Waals surface area contributed by atoms with E-state index in [1.54, 1.807) is 0 Å². The molecular formula is C23H33N3O7. The highest BCUT2D eigenvalue weighted by atomic mass is 16.6. The summed E-state index contributed by atoms with van der Waals surface area (Å²) in [6.45, 7) is 4.51. The predicted octanol–water partition coefficient (Wildman–Crippen LogP) is 1.08. The van der Waals surface area contributed by atoms with Gasteiger partial charge in [-0.05, 0) is 24.5 Å². The van der Waals surface area contributed by atoms with E-state index in [0.29, 0.717) is 0 Å². The fourth-order valence-corrected chi connectivity index (χ4v) is 3.67. The number of aliphatic hydroxyl groups excluding tert-OH is 2. The number of fused-ring (bicyclic) bond motifs is 1. The Labute approximate surface area is 192 Å². The number of methoxy groups -OCH3 is 1. The molecule has 1 amide bonds. The lowest BCUT2D eigenvalue weighted by atomic mass is 9.96. The van der Waals surface area contributed by atoms with Crippen LogP contribution in [0.15, 0.2) is 35.6 Å². The number of aliphatic hydroxyl groups is 2. The molecule has 0 saturated heterocycles. The number of amides is 1. The van der Waals surface area contributed by atoms with Crippen molar-refractivity contribution in [2.75, 3.05) is 13.7 Å². The first kappa shape index (κ1) is 26.3. The van der Waals surface area contributed by atoms with Gasteiger partial charge in [0, 0.05) is 37.7 Å². The first-order valence-electron chi connectivity index (χ1n) is 10.7. The van der Waals surface area contributed by atoms with Crippen molar-refractivity contribution in [1.82, 2.24) is 9.88 Å². The van der Waals surface area contributed by atoms with E-state index >= 15 is 0 Å². The van der Waals surface area contributed by atoms with Gasteiger partial charge in [-0.15, -0.1) is 0 Å². The molecule has 182 valence electrons. The standard InChI is InChI=1S/C23H33N3O7/c1-13(2)22(32-5)20(21(29)14(3)27)25-33-12-19(28)24-17(23(30)31)10-15-11-26(4)18-9-7-6-8-16(15)18/h6-9,11,13-14,17,21-22,27,29H,10,12H2,1-5H3,(H,24,28)(H,30,31)/b25-20+/t14?,17-,21?,22-/m0/s1. The minimum Gasteiger partial charge on any atom is -0.480 e. The summed E-state index contributed by atoms with van der Waals surface area (Å²) in [4.78, 5) is 29.2. The molecule has 1 heterocycles. The number of carbonyl (C=O) groups excluding carboxylic acids is 1. The zero-order chi connectivity index (χ0) is 24.7.